The Hall–Kier alpha value is -1.14. The van der Waals surface area contributed by atoms with Crippen molar-refractivity contribution in [2.45, 2.75) is 83.2 Å². The minimum atomic E-state index is -0.139. The van der Waals surface area contributed by atoms with Crippen molar-refractivity contribution in [2.24, 2.45) is 0 Å². The van der Waals surface area contributed by atoms with Crippen LogP contribution in [0.25, 0.3) is 10.2 Å². The molecule has 0 aromatic carbocycles. The molecule has 0 bridgehead atoms. The van der Waals surface area contributed by atoms with E-state index in [4.69, 9.17) is 0 Å². The van der Waals surface area contributed by atoms with Gasteiger partial charge in [-0.1, -0.05) is 11.8 Å². The van der Waals surface area contributed by atoms with Crippen LogP contribution in [-0.2, 0) is 4.79 Å². The van der Waals surface area contributed by atoms with Gasteiger partial charge in [-0.15, -0.1) is 11.3 Å². The zero-order chi connectivity index (χ0) is 18.3. The van der Waals surface area contributed by atoms with Gasteiger partial charge < -0.3 is 4.90 Å². The average molecular weight is 378 g/mol. The van der Waals surface area contributed by atoms with E-state index >= 15 is 0 Å². The maximum absolute atomic E-state index is 13.1. The lowest BCUT2D eigenvalue weighted by Gasteiger charge is -2.40. The molecule has 0 aliphatic carbocycles. The molecule has 25 heavy (non-hydrogen) atoms. The fourth-order valence-electron chi connectivity index (χ4n) is 3.68. The molecule has 1 aliphatic rings. The number of carbonyl (C=O) groups excluding carboxylic acids is 1. The molecular formula is C19H27N3OS2. The van der Waals surface area contributed by atoms with Gasteiger partial charge in [-0.2, -0.15) is 0 Å². The van der Waals surface area contributed by atoms with E-state index in [2.05, 4.69) is 42.6 Å². The molecule has 3 atom stereocenters. The summed E-state index contributed by atoms with van der Waals surface area (Å²) in [5, 5.41) is 1.93. The first-order valence-corrected chi connectivity index (χ1v) is 10.7. The van der Waals surface area contributed by atoms with Gasteiger partial charge in [-0.3, -0.25) is 4.79 Å². The molecule has 136 valence electrons. The van der Waals surface area contributed by atoms with Crippen LogP contribution >= 0.6 is 23.1 Å². The van der Waals surface area contributed by atoms with Gasteiger partial charge in [0, 0.05) is 22.3 Å². The van der Waals surface area contributed by atoms with Gasteiger partial charge in [0.25, 0.3) is 0 Å². The maximum atomic E-state index is 13.1. The minimum absolute atomic E-state index is 0.139. The predicted molar refractivity (Wildman–Crippen MR) is 107 cm³/mol. The molecule has 1 amide bonds. The summed E-state index contributed by atoms with van der Waals surface area (Å²) >= 11 is 3.30. The van der Waals surface area contributed by atoms with Crippen molar-refractivity contribution in [3.8, 4) is 0 Å². The zero-order valence-corrected chi connectivity index (χ0v) is 17.6. The number of thiophene rings is 1. The summed E-state index contributed by atoms with van der Waals surface area (Å²) in [5.74, 6) is 1.01. The van der Waals surface area contributed by atoms with Crippen LogP contribution in [-0.4, -0.2) is 38.1 Å². The first kappa shape index (κ1) is 18.6. The van der Waals surface area contributed by atoms with E-state index in [1.807, 2.05) is 13.8 Å². The van der Waals surface area contributed by atoms with Crippen LogP contribution in [0, 0.1) is 20.8 Å². The van der Waals surface area contributed by atoms with E-state index in [-0.39, 0.29) is 11.2 Å². The standard InChI is InChI=1S/C19H27N3OS2/c1-10-8-7-9-11(2)22(10)19(23)14(5)25-18-16-12(3)13(4)24-17(16)20-15(6)21-18/h10-11,14H,7-9H2,1-6H3/t10-,11+,14-/m0/s1. The van der Waals surface area contributed by atoms with Crippen molar-refractivity contribution in [2.75, 3.05) is 0 Å². The molecular weight excluding hydrogens is 350 g/mol. The van der Waals surface area contributed by atoms with Crippen molar-refractivity contribution < 1.29 is 4.79 Å². The topological polar surface area (TPSA) is 46.1 Å². The zero-order valence-electron chi connectivity index (χ0n) is 15.9. The fraction of sp³-hybridized carbons (Fsp3) is 0.632. The Morgan fingerprint density at radius 2 is 1.84 bits per heavy atom. The SMILES string of the molecule is Cc1nc(S[C@@H](C)C(=O)N2[C@H](C)CCC[C@@H]2C)c2c(C)c(C)sc2n1. The highest BCUT2D eigenvalue weighted by molar-refractivity contribution is 8.00. The quantitative estimate of drug-likeness (QED) is 0.564. The lowest BCUT2D eigenvalue weighted by molar-refractivity contribution is -0.136. The summed E-state index contributed by atoms with van der Waals surface area (Å²) in [6.45, 7) is 12.5. The molecule has 0 unspecified atom stereocenters. The maximum Gasteiger partial charge on any atom is 0.236 e. The monoisotopic (exact) mass is 377 g/mol. The van der Waals surface area contributed by atoms with Gasteiger partial charge in [-0.25, -0.2) is 9.97 Å². The summed E-state index contributed by atoms with van der Waals surface area (Å²) in [4.78, 5) is 26.7. The number of rotatable bonds is 3. The number of aromatic nitrogens is 2. The molecule has 1 saturated heterocycles. The number of aryl methyl sites for hydroxylation is 3. The molecule has 0 N–H and O–H groups in total. The van der Waals surface area contributed by atoms with Crippen molar-refractivity contribution in [3.05, 3.63) is 16.3 Å². The Bertz CT molecular complexity index is 792. The normalized spacial score (nSPS) is 22.4. The average Bonchev–Trinajstić information content (AvgIpc) is 2.81. The van der Waals surface area contributed by atoms with Gasteiger partial charge >= 0.3 is 0 Å². The Morgan fingerprint density at radius 3 is 2.48 bits per heavy atom. The highest BCUT2D eigenvalue weighted by atomic mass is 32.2. The van der Waals surface area contributed by atoms with E-state index in [0.717, 1.165) is 33.9 Å². The number of nitrogens with zero attached hydrogens (tertiary/aromatic N) is 3. The lowest BCUT2D eigenvalue weighted by atomic mass is 9.97. The third-order valence-electron chi connectivity index (χ3n) is 5.19. The molecule has 2 aromatic rings. The van der Waals surface area contributed by atoms with E-state index < -0.39 is 0 Å². The van der Waals surface area contributed by atoms with Gasteiger partial charge in [0.05, 0.1) is 5.25 Å². The number of likely N-dealkylation sites (tertiary alicyclic amines) is 1. The van der Waals surface area contributed by atoms with E-state index in [1.165, 1.54) is 16.9 Å². The van der Waals surface area contributed by atoms with Crippen LogP contribution in [0.2, 0.25) is 0 Å². The third-order valence-corrected chi connectivity index (χ3v) is 7.37. The molecule has 1 aliphatic heterocycles. The smallest absolute Gasteiger partial charge is 0.236 e. The van der Waals surface area contributed by atoms with E-state index in [0.29, 0.717) is 12.1 Å². The number of piperidine rings is 1. The second-order valence-electron chi connectivity index (χ2n) is 7.17. The number of fused-ring (bicyclic) bond motifs is 1. The minimum Gasteiger partial charge on any atom is -0.336 e. The summed E-state index contributed by atoms with van der Waals surface area (Å²) in [6, 6.07) is 0.660. The highest BCUT2D eigenvalue weighted by Gasteiger charge is 2.32. The second-order valence-corrected chi connectivity index (χ2v) is 9.71. The first-order chi connectivity index (χ1) is 11.8. The summed E-state index contributed by atoms with van der Waals surface area (Å²) in [7, 11) is 0. The molecule has 4 nitrogen and oxygen atoms in total. The van der Waals surface area contributed by atoms with Crippen LogP contribution in [0.15, 0.2) is 5.03 Å². The molecule has 0 saturated carbocycles. The van der Waals surface area contributed by atoms with Crippen LogP contribution in [0.4, 0.5) is 0 Å². The Labute approximate surface area is 158 Å². The number of hydrogen-bond donors (Lipinski definition) is 0. The number of thioether (sulfide) groups is 1. The number of amides is 1. The Morgan fingerprint density at radius 1 is 1.20 bits per heavy atom. The fourth-order valence-corrected chi connectivity index (χ4v) is 5.93. The van der Waals surface area contributed by atoms with Crippen molar-refractivity contribution in [1.29, 1.82) is 0 Å². The molecule has 3 rings (SSSR count). The lowest BCUT2D eigenvalue weighted by Crippen LogP contribution is -2.50. The largest absolute Gasteiger partial charge is 0.336 e. The first-order valence-electron chi connectivity index (χ1n) is 9.02. The van der Waals surface area contributed by atoms with Gasteiger partial charge in [0.1, 0.15) is 15.7 Å². The van der Waals surface area contributed by atoms with Crippen molar-refractivity contribution in [3.63, 3.8) is 0 Å². The van der Waals surface area contributed by atoms with Crippen molar-refractivity contribution >= 4 is 39.2 Å². The molecule has 6 heteroatoms. The van der Waals surface area contributed by atoms with Crippen LogP contribution in [0.1, 0.15) is 56.3 Å². The van der Waals surface area contributed by atoms with Crippen LogP contribution in [0.3, 0.4) is 0 Å². The van der Waals surface area contributed by atoms with Gasteiger partial charge in [-0.05, 0) is 66.4 Å². The summed E-state index contributed by atoms with van der Waals surface area (Å²) in [6.07, 6.45) is 3.42. The van der Waals surface area contributed by atoms with Crippen LogP contribution in [0.5, 0.6) is 0 Å². The number of hydrogen-bond acceptors (Lipinski definition) is 5. The van der Waals surface area contributed by atoms with Crippen LogP contribution < -0.4 is 0 Å². The Balaban J connectivity index is 1.89. The number of carbonyl (C=O) groups is 1. The Kier molecular flexibility index (Phi) is 5.40. The third kappa shape index (κ3) is 3.56. The van der Waals surface area contributed by atoms with Gasteiger partial charge in [0.15, 0.2) is 0 Å². The second kappa shape index (κ2) is 7.23. The van der Waals surface area contributed by atoms with Crippen molar-refractivity contribution in [1.82, 2.24) is 14.9 Å². The molecule has 0 spiro atoms. The summed E-state index contributed by atoms with van der Waals surface area (Å²) < 4.78 is 0. The molecule has 0 radical (unpaired) electrons. The molecule has 2 aromatic heterocycles. The molecule has 3 heterocycles. The predicted octanol–water partition coefficient (Wildman–Crippen LogP) is 4.89. The molecule has 1 fully saturated rings. The van der Waals surface area contributed by atoms with E-state index in [9.17, 15) is 4.79 Å². The highest BCUT2D eigenvalue weighted by Crippen LogP contribution is 2.37. The van der Waals surface area contributed by atoms with Gasteiger partial charge in [0.2, 0.25) is 5.91 Å². The summed E-state index contributed by atoms with van der Waals surface area (Å²) in [5.41, 5.74) is 1.24. The van der Waals surface area contributed by atoms with E-state index in [1.54, 1.807) is 23.1 Å².